The Hall–Kier alpha value is -1.71. The Kier molecular flexibility index (Phi) is 27.4. The van der Waals surface area contributed by atoms with Crippen molar-refractivity contribution in [1.29, 1.82) is 0 Å². The molecule has 0 spiro atoms. The summed E-state index contributed by atoms with van der Waals surface area (Å²) in [6.07, 6.45) is 15.7. The first-order chi connectivity index (χ1) is 16.3. The van der Waals surface area contributed by atoms with E-state index in [2.05, 4.69) is 6.92 Å². The van der Waals surface area contributed by atoms with E-state index in [1.807, 2.05) is 0 Å². The molecule has 0 saturated heterocycles. The topological polar surface area (TPSA) is 144 Å². The highest BCUT2D eigenvalue weighted by molar-refractivity contribution is 5.73. The largest absolute Gasteiger partial charge is 0.544 e. The van der Waals surface area contributed by atoms with E-state index in [1.165, 1.54) is 57.8 Å². The van der Waals surface area contributed by atoms with E-state index < -0.39 is 23.9 Å². The summed E-state index contributed by atoms with van der Waals surface area (Å²) in [4.78, 5) is 32.4. The molecule has 0 aliphatic heterocycles. The molecule has 210 valence electrons. The number of hydrogen-bond acceptors (Lipinski definition) is 6. The lowest BCUT2D eigenvalue weighted by atomic mass is 10.1. The van der Waals surface area contributed by atoms with Gasteiger partial charge in [-0.25, -0.2) is 0 Å². The van der Waals surface area contributed by atoms with E-state index in [-0.39, 0.29) is 6.54 Å². The van der Waals surface area contributed by atoms with Crippen LogP contribution in [0.25, 0.3) is 0 Å². The van der Waals surface area contributed by atoms with Crippen LogP contribution in [-0.4, -0.2) is 91.9 Å². The molecule has 0 saturated carbocycles. The van der Waals surface area contributed by atoms with Gasteiger partial charge in [-0.3, -0.25) is 14.5 Å². The van der Waals surface area contributed by atoms with Crippen LogP contribution in [0.3, 0.4) is 0 Å². The number of rotatable bonds is 19. The van der Waals surface area contributed by atoms with Crippen LogP contribution in [0.4, 0.5) is 0 Å². The lowest BCUT2D eigenvalue weighted by Gasteiger charge is -2.23. The van der Waals surface area contributed by atoms with Crippen LogP contribution in [0, 0.1) is 0 Å². The molecule has 0 bridgehead atoms. The molecule has 0 aromatic carbocycles. The Morgan fingerprint density at radius 1 is 0.829 bits per heavy atom. The van der Waals surface area contributed by atoms with Crippen LogP contribution in [-0.2, 0) is 14.4 Å². The fourth-order valence-corrected chi connectivity index (χ4v) is 3.24. The summed E-state index contributed by atoms with van der Waals surface area (Å²) < 4.78 is 0.419. The zero-order valence-corrected chi connectivity index (χ0v) is 23.4. The van der Waals surface area contributed by atoms with Crippen molar-refractivity contribution in [3.63, 3.8) is 0 Å². The number of nitrogens with zero attached hydrogens (tertiary/aromatic N) is 2. The molecule has 0 aliphatic carbocycles. The fourth-order valence-electron chi connectivity index (χ4n) is 3.24. The lowest BCUT2D eigenvalue weighted by molar-refractivity contribution is -0.864. The standard InChI is InChI=1S/C14H28O2.C7H16N2O2.C5H11NO2/c1-2-3-4-5-6-7-8-9-10-11-12-13-14(15)16;1-9(2)6(7(10)11)4-3-5-8;1-6(2,3)4-5(7)8/h2-13H2,1H3,(H,15,16);6H,3-5,8H2,1-2H3,(H,10,11);4H2,1-3H3. The third kappa shape index (κ3) is 37.0. The van der Waals surface area contributed by atoms with E-state index >= 15 is 0 Å². The zero-order valence-electron chi connectivity index (χ0n) is 23.4. The number of likely N-dealkylation sites (N-methyl/N-ethyl adjacent to an activating group) is 2. The van der Waals surface area contributed by atoms with Crippen molar-refractivity contribution >= 4 is 17.9 Å². The van der Waals surface area contributed by atoms with Crippen molar-refractivity contribution < 1.29 is 34.2 Å². The number of carboxylic acid groups (broad SMARTS) is 3. The molecule has 9 nitrogen and oxygen atoms in total. The van der Waals surface area contributed by atoms with Gasteiger partial charge in [-0.05, 0) is 39.9 Å². The Bertz CT molecular complexity index is 522. The van der Waals surface area contributed by atoms with Gasteiger partial charge in [-0.1, -0.05) is 71.1 Å². The number of carbonyl (C=O) groups is 3. The van der Waals surface area contributed by atoms with Crippen LogP contribution < -0.4 is 10.8 Å². The second-order valence-electron chi connectivity index (χ2n) is 10.2. The number of quaternary nitrogens is 1. The summed E-state index contributed by atoms with van der Waals surface area (Å²) in [5.41, 5.74) is 5.27. The average Bonchev–Trinajstić information content (AvgIpc) is 2.70. The van der Waals surface area contributed by atoms with Crippen molar-refractivity contribution in [1.82, 2.24) is 4.90 Å². The number of nitrogens with two attached hydrogens (primary N) is 1. The zero-order chi connectivity index (χ0) is 27.7. The van der Waals surface area contributed by atoms with Gasteiger partial charge in [0.2, 0.25) is 0 Å². The van der Waals surface area contributed by atoms with Crippen LogP contribution >= 0.6 is 0 Å². The van der Waals surface area contributed by atoms with Gasteiger partial charge in [0.05, 0.1) is 27.1 Å². The third-order valence-electron chi connectivity index (χ3n) is 5.19. The molecule has 0 rings (SSSR count). The Balaban J connectivity index is -0.000000469. The molecule has 35 heavy (non-hydrogen) atoms. The van der Waals surface area contributed by atoms with Crippen molar-refractivity contribution in [3.05, 3.63) is 0 Å². The highest BCUT2D eigenvalue weighted by Crippen LogP contribution is 2.11. The minimum absolute atomic E-state index is 0.0694. The SMILES string of the molecule is CCCCCCCCCCCCCC(=O)O.CN(C)C(CCCN)C(=O)O.C[N+](C)(C)CC(=O)[O-]. The summed E-state index contributed by atoms with van der Waals surface area (Å²) >= 11 is 0. The Morgan fingerprint density at radius 3 is 1.51 bits per heavy atom. The minimum atomic E-state index is -1.00. The molecular formula is C26H55N3O6. The van der Waals surface area contributed by atoms with Crippen LogP contribution in [0.15, 0.2) is 0 Å². The highest BCUT2D eigenvalue weighted by Gasteiger charge is 2.18. The van der Waals surface area contributed by atoms with Gasteiger partial charge < -0.3 is 30.3 Å². The van der Waals surface area contributed by atoms with E-state index in [9.17, 15) is 19.5 Å². The van der Waals surface area contributed by atoms with Crippen molar-refractivity contribution in [2.24, 2.45) is 5.73 Å². The summed E-state index contributed by atoms with van der Waals surface area (Å²) in [6, 6.07) is -0.390. The summed E-state index contributed by atoms with van der Waals surface area (Å²) in [6.45, 7) is 2.87. The van der Waals surface area contributed by atoms with Gasteiger partial charge in [0.15, 0.2) is 0 Å². The van der Waals surface area contributed by atoms with E-state index in [1.54, 1.807) is 40.1 Å². The van der Waals surface area contributed by atoms with Crippen molar-refractivity contribution in [2.75, 3.05) is 48.3 Å². The van der Waals surface area contributed by atoms with E-state index in [4.69, 9.17) is 15.9 Å². The molecule has 0 fully saturated rings. The number of hydrogen-bond donors (Lipinski definition) is 3. The van der Waals surface area contributed by atoms with E-state index in [0.717, 1.165) is 19.3 Å². The second kappa shape index (κ2) is 25.4. The second-order valence-corrected chi connectivity index (χ2v) is 10.2. The maximum Gasteiger partial charge on any atom is 0.320 e. The first kappa shape index (κ1) is 37.8. The molecular weight excluding hydrogens is 450 g/mol. The number of aliphatic carboxylic acids is 3. The molecule has 4 N–H and O–H groups in total. The molecule has 1 atom stereocenters. The molecule has 9 heteroatoms. The molecule has 0 heterocycles. The fraction of sp³-hybridized carbons (Fsp3) is 0.885. The van der Waals surface area contributed by atoms with Crippen molar-refractivity contribution in [2.45, 2.75) is 103 Å². The first-order valence-corrected chi connectivity index (χ1v) is 13.1. The average molecular weight is 506 g/mol. The summed E-state index contributed by atoms with van der Waals surface area (Å²) in [5.74, 6) is -2.43. The maximum atomic E-state index is 10.6. The molecule has 0 aliphatic rings. The predicted octanol–water partition coefficient (Wildman–Crippen LogP) is 2.95. The van der Waals surface area contributed by atoms with Gasteiger partial charge in [0, 0.05) is 6.42 Å². The monoisotopic (exact) mass is 505 g/mol. The molecule has 0 aromatic heterocycles. The first-order valence-electron chi connectivity index (χ1n) is 13.1. The van der Waals surface area contributed by atoms with Gasteiger partial charge >= 0.3 is 11.9 Å². The number of carboxylic acids is 3. The van der Waals surface area contributed by atoms with Gasteiger partial charge in [-0.2, -0.15) is 0 Å². The van der Waals surface area contributed by atoms with E-state index in [0.29, 0.717) is 23.9 Å². The maximum absolute atomic E-state index is 10.6. The van der Waals surface area contributed by atoms with Crippen LogP contribution in [0.5, 0.6) is 0 Å². The quantitative estimate of drug-likeness (QED) is 0.179. The third-order valence-corrected chi connectivity index (χ3v) is 5.19. The smallest absolute Gasteiger partial charge is 0.320 e. The predicted molar refractivity (Wildman–Crippen MR) is 140 cm³/mol. The summed E-state index contributed by atoms with van der Waals surface area (Å²) in [5, 5.41) is 27.0. The number of unbranched alkanes of at least 4 members (excludes halogenated alkanes) is 10. The van der Waals surface area contributed by atoms with Crippen LogP contribution in [0.1, 0.15) is 96.8 Å². The Morgan fingerprint density at radius 2 is 1.26 bits per heavy atom. The molecule has 0 amide bonds. The lowest BCUT2D eigenvalue weighted by Crippen LogP contribution is -2.45. The Labute approximate surface area is 214 Å². The molecule has 0 aromatic rings. The number of carbonyl (C=O) groups excluding carboxylic acids is 1. The van der Waals surface area contributed by atoms with Crippen LogP contribution in [0.2, 0.25) is 0 Å². The van der Waals surface area contributed by atoms with Gasteiger partial charge in [-0.15, -0.1) is 0 Å². The summed E-state index contributed by atoms with van der Waals surface area (Å²) in [7, 11) is 8.92. The van der Waals surface area contributed by atoms with Gasteiger partial charge in [0.1, 0.15) is 12.6 Å². The van der Waals surface area contributed by atoms with Crippen molar-refractivity contribution in [3.8, 4) is 0 Å². The van der Waals surface area contributed by atoms with Gasteiger partial charge in [0.25, 0.3) is 0 Å². The molecule has 1 unspecified atom stereocenters. The normalized spacial score (nSPS) is 11.7. The molecule has 0 radical (unpaired) electrons. The minimum Gasteiger partial charge on any atom is -0.544 e. The highest BCUT2D eigenvalue weighted by atomic mass is 16.4.